The van der Waals surface area contributed by atoms with Gasteiger partial charge >= 0.3 is 0 Å². The third kappa shape index (κ3) is 7.14. The van der Waals surface area contributed by atoms with E-state index in [2.05, 4.69) is 50.7 Å². The monoisotopic (exact) mass is 798 g/mol. The van der Waals surface area contributed by atoms with E-state index in [0.29, 0.717) is 19.2 Å². The standard InChI is InChI=1S/C16H20BrN3O3.C15H15BrN2O2.CH5NO.ClH/c1-10-15(6-3-7-21-9-15)22-13-5-4-11(17)8-12(13)16(10)19-14(18)20(2)23-16;1-10-14(18-9-17)12-7-11(16)3-4-13(12)20-15(10)5-2-6-19-8-15;1-2-3;/h4-5,8,10H,3,6-7,9H2,1-2H3,(H2,18,19);3-4,7,10H,2,5-6,8H2,1H3;2-3H,1H3;1H. The molecule has 47 heavy (non-hydrogen) atoms. The molecule has 3 spiro atoms. The lowest BCUT2D eigenvalue weighted by atomic mass is 9.72. The summed E-state index contributed by atoms with van der Waals surface area (Å²) in [6.45, 7) is 6.80. The topological polar surface area (TPSA) is 156 Å². The summed E-state index contributed by atoms with van der Waals surface area (Å²) in [7, 11) is 3.21. The van der Waals surface area contributed by atoms with Crippen molar-refractivity contribution in [3.8, 4) is 17.7 Å². The fourth-order valence-corrected chi connectivity index (χ4v) is 7.51. The number of nitrogens with one attached hydrogen (secondary N) is 1. The molecule has 5 aliphatic rings. The maximum Gasteiger partial charge on any atom is 0.224 e. The van der Waals surface area contributed by atoms with Crippen LogP contribution in [0.3, 0.4) is 0 Å². The third-order valence-corrected chi connectivity index (χ3v) is 10.3. The molecule has 2 saturated heterocycles. The maximum atomic E-state index is 9.00. The van der Waals surface area contributed by atoms with E-state index in [1.165, 1.54) is 12.1 Å². The Kier molecular flexibility index (Phi) is 12.2. The number of hydrogen-bond donors (Lipinski definition) is 3. The smallest absolute Gasteiger partial charge is 0.224 e. The van der Waals surface area contributed by atoms with E-state index in [1.54, 1.807) is 12.5 Å². The zero-order chi connectivity index (χ0) is 33.1. The summed E-state index contributed by atoms with van der Waals surface area (Å²) in [4.78, 5) is 14.9. The lowest BCUT2D eigenvalue weighted by molar-refractivity contribution is -0.247. The van der Waals surface area contributed by atoms with Crippen molar-refractivity contribution in [3.05, 3.63) is 56.5 Å². The van der Waals surface area contributed by atoms with E-state index in [9.17, 15) is 0 Å². The largest absolute Gasteiger partial charge is 0.484 e. The Bertz CT molecular complexity index is 1530. The number of nitrogens with zero attached hydrogens (tertiary/aromatic N) is 4. The van der Waals surface area contributed by atoms with E-state index >= 15 is 0 Å². The van der Waals surface area contributed by atoms with Crippen molar-refractivity contribution in [2.24, 2.45) is 27.6 Å². The van der Waals surface area contributed by atoms with Crippen molar-refractivity contribution in [1.82, 2.24) is 10.5 Å². The molecule has 15 heteroatoms. The number of benzene rings is 2. The highest BCUT2D eigenvalue weighted by Gasteiger charge is 2.61. The molecule has 2 aromatic rings. The summed E-state index contributed by atoms with van der Waals surface area (Å²) in [6.07, 6.45) is 5.69. The highest BCUT2D eigenvalue weighted by molar-refractivity contribution is 9.10. The average Bonchev–Trinajstić information content (AvgIpc) is 3.35. The molecular weight excluding hydrogens is 760 g/mol. The van der Waals surface area contributed by atoms with Crippen LogP contribution in [0.2, 0.25) is 0 Å². The van der Waals surface area contributed by atoms with Crippen LogP contribution in [-0.2, 0) is 20.0 Å². The Hall–Kier alpha value is -2.48. The predicted octanol–water partition coefficient (Wildman–Crippen LogP) is 5.69. The normalized spacial score (nSPS) is 31.1. The Balaban J connectivity index is 0.000000194. The second-order valence-electron chi connectivity index (χ2n) is 11.9. The van der Waals surface area contributed by atoms with E-state index in [0.717, 1.165) is 76.2 Å². The Morgan fingerprint density at radius 1 is 1.02 bits per heavy atom. The van der Waals surface area contributed by atoms with Gasteiger partial charge < -0.3 is 29.9 Å². The number of ether oxygens (including phenoxy) is 4. The van der Waals surface area contributed by atoms with Crippen molar-refractivity contribution in [2.45, 2.75) is 56.5 Å². The highest BCUT2D eigenvalue weighted by atomic mass is 79.9. The van der Waals surface area contributed by atoms with Gasteiger partial charge in [-0.1, -0.05) is 45.7 Å². The zero-order valence-electron chi connectivity index (χ0n) is 26.8. The highest BCUT2D eigenvalue weighted by Crippen LogP contribution is 2.55. The molecule has 5 atom stereocenters. The van der Waals surface area contributed by atoms with Gasteiger partial charge in [-0.05, 0) is 62.1 Å². The van der Waals surface area contributed by atoms with Gasteiger partial charge in [0.15, 0.2) is 0 Å². The van der Waals surface area contributed by atoms with Crippen LogP contribution in [-0.4, -0.2) is 73.7 Å². The Morgan fingerprint density at radius 3 is 2.15 bits per heavy atom. The Morgan fingerprint density at radius 2 is 1.60 bits per heavy atom. The second kappa shape index (κ2) is 15.4. The molecule has 12 nitrogen and oxygen atoms in total. The molecule has 0 saturated carbocycles. The van der Waals surface area contributed by atoms with Crippen molar-refractivity contribution in [1.29, 1.82) is 5.26 Å². The fourth-order valence-electron chi connectivity index (χ4n) is 6.79. The molecule has 0 aliphatic carbocycles. The summed E-state index contributed by atoms with van der Waals surface area (Å²) in [5, 5.41) is 17.8. The summed E-state index contributed by atoms with van der Waals surface area (Å²) in [5.74, 6) is 1.93. The number of halogens is 3. The van der Waals surface area contributed by atoms with Crippen molar-refractivity contribution < 1.29 is 29.0 Å². The summed E-state index contributed by atoms with van der Waals surface area (Å²) >= 11 is 6.99. The molecule has 0 amide bonds. The number of hydroxylamine groups is 3. The number of nitriles is 1. The third-order valence-electron chi connectivity index (χ3n) is 9.27. The Labute approximate surface area is 298 Å². The van der Waals surface area contributed by atoms with Crippen LogP contribution in [0.1, 0.15) is 50.7 Å². The minimum atomic E-state index is -0.878. The van der Waals surface area contributed by atoms with Gasteiger partial charge in [-0.15, -0.1) is 12.4 Å². The van der Waals surface area contributed by atoms with E-state index < -0.39 is 16.9 Å². The zero-order valence-corrected chi connectivity index (χ0v) is 30.8. The van der Waals surface area contributed by atoms with Gasteiger partial charge in [0.2, 0.25) is 17.9 Å². The maximum absolute atomic E-state index is 9.00. The van der Waals surface area contributed by atoms with Crippen LogP contribution in [0, 0.1) is 23.3 Å². The molecule has 4 N–H and O–H groups in total. The first-order valence-corrected chi connectivity index (χ1v) is 16.8. The number of guanidine groups is 1. The number of nitrogens with two attached hydrogens (primary N) is 1. The molecule has 0 aromatic heterocycles. The van der Waals surface area contributed by atoms with Gasteiger partial charge in [-0.3, -0.25) is 0 Å². The van der Waals surface area contributed by atoms with Crippen molar-refractivity contribution >= 4 is 55.9 Å². The van der Waals surface area contributed by atoms with E-state index in [-0.39, 0.29) is 24.2 Å². The predicted molar refractivity (Wildman–Crippen MR) is 186 cm³/mol. The van der Waals surface area contributed by atoms with E-state index in [4.69, 9.17) is 45.0 Å². The first-order valence-electron chi connectivity index (χ1n) is 15.2. The molecule has 2 aromatic carbocycles. The van der Waals surface area contributed by atoms with Gasteiger partial charge in [-0.2, -0.15) is 10.3 Å². The summed E-state index contributed by atoms with van der Waals surface area (Å²) in [5.41, 5.74) is 8.63. The molecule has 0 radical (unpaired) electrons. The molecule has 256 valence electrons. The quantitative estimate of drug-likeness (QED) is 0.224. The van der Waals surface area contributed by atoms with E-state index in [1.807, 2.05) is 42.6 Å². The SMILES string of the molecule is CC1C(=NC#N)c2cc(Br)ccc2OC12CCCOC2.CC1C2(CCCOC2)Oc2ccc(Br)cc2C12N=C(N)N(C)O2.CNO.Cl. The summed E-state index contributed by atoms with van der Waals surface area (Å²) in [6, 6.07) is 11.7. The van der Waals surface area contributed by atoms with Crippen LogP contribution in [0.5, 0.6) is 11.5 Å². The van der Waals surface area contributed by atoms with Crippen LogP contribution in [0.15, 0.2) is 55.3 Å². The lowest BCUT2D eigenvalue weighted by Gasteiger charge is -2.51. The van der Waals surface area contributed by atoms with Gasteiger partial charge in [0.25, 0.3) is 0 Å². The number of aliphatic imine (C=N–C) groups is 2. The minimum absolute atomic E-state index is 0. The average molecular weight is 801 g/mol. The number of rotatable bonds is 0. The van der Waals surface area contributed by atoms with Crippen molar-refractivity contribution in [3.63, 3.8) is 0 Å². The second-order valence-corrected chi connectivity index (χ2v) is 13.8. The van der Waals surface area contributed by atoms with Crippen LogP contribution in [0.4, 0.5) is 0 Å². The van der Waals surface area contributed by atoms with Crippen LogP contribution < -0.4 is 20.7 Å². The molecule has 5 unspecified atom stereocenters. The molecule has 5 aliphatic heterocycles. The first-order chi connectivity index (χ1) is 22.0. The number of hydrogen-bond acceptors (Lipinski definition) is 12. The molecule has 5 heterocycles. The van der Waals surface area contributed by atoms with Gasteiger partial charge in [-0.25, -0.2) is 20.4 Å². The van der Waals surface area contributed by atoms with Gasteiger partial charge in [0, 0.05) is 47.7 Å². The number of fused-ring (bicyclic) bond motifs is 3. The lowest BCUT2D eigenvalue weighted by Crippen LogP contribution is -2.59. The summed E-state index contributed by atoms with van der Waals surface area (Å²) < 4.78 is 26.0. The molecule has 2 fully saturated rings. The molecule has 0 bridgehead atoms. The minimum Gasteiger partial charge on any atom is -0.484 e. The van der Waals surface area contributed by atoms with Crippen LogP contribution >= 0.6 is 44.3 Å². The first kappa shape index (κ1) is 37.3. The fraction of sp³-hybridized carbons (Fsp3) is 0.531. The van der Waals surface area contributed by atoms with Gasteiger partial charge in [0.05, 0.1) is 30.4 Å². The molecular formula is C32H41Br2ClN6O6. The van der Waals surface area contributed by atoms with Gasteiger partial charge in [0.1, 0.15) is 22.7 Å². The van der Waals surface area contributed by atoms with Crippen LogP contribution in [0.25, 0.3) is 0 Å². The van der Waals surface area contributed by atoms with Crippen molar-refractivity contribution in [2.75, 3.05) is 40.5 Å². The molecule has 7 rings (SSSR count).